The van der Waals surface area contributed by atoms with Crippen molar-refractivity contribution in [2.24, 2.45) is 0 Å². The van der Waals surface area contributed by atoms with E-state index < -0.39 is 12.0 Å². The summed E-state index contributed by atoms with van der Waals surface area (Å²) >= 11 is 1.63. The molecule has 3 rings (SSSR count). The van der Waals surface area contributed by atoms with Gasteiger partial charge in [0.2, 0.25) is 0 Å². The van der Waals surface area contributed by atoms with E-state index in [1.807, 2.05) is 54.8 Å². The lowest BCUT2D eigenvalue weighted by Crippen LogP contribution is -2.42. The monoisotopic (exact) mass is 393 g/mol. The average molecular weight is 394 g/mol. The molecule has 0 spiro atoms. The molecule has 0 aliphatic heterocycles. The summed E-state index contributed by atoms with van der Waals surface area (Å²) in [6.07, 6.45) is 2.49. The third-order valence-corrected chi connectivity index (χ3v) is 5.13. The fourth-order valence-electron chi connectivity index (χ4n) is 2.98. The number of carbonyl (C=O) groups is 2. The highest BCUT2D eigenvalue weighted by Gasteiger charge is 2.22. The Balaban J connectivity index is 1.68. The van der Waals surface area contributed by atoms with E-state index in [0.29, 0.717) is 12.0 Å². The zero-order chi connectivity index (χ0) is 19.8. The maximum Gasteiger partial charge on any atom is 0.329 e. The predicted molar refractivity (Wildman–Crippen MR) is 114 cm³/mol. The fraction of sp³-hybridized carbons (Fsp3) is 0.217. The zero-order valence-electron chi connectivity index (χ0n) is 15.8. The highest BCUT2D eigenvalue weighted by molar-refractivity contribution is 7.98. The first-order valence-corrected chi connectivity index (χ1v) is 10.6. The van der Waals surface area contributed by atoms with Gasteiger partial charge in [0.05, 0.1) is 0 Å². The number of ether oxygens (including phenoxy) is 1. The van der Waals surface area contributed by atoms with Crippen LogP contribution in [0.4, 0.5) is 0 Å². The number of rotatable bonds is 8. The van der Waals surface area contributed by atoms with Crippen molar-refractivity contribution in [3.8, 4) is 0 Å². The minimum absolute atomic E-state index is 0.178. The maximum atomic E-state index is 12.7. The first-order valence-electron chi connectivity index (χ1n) is 9.17. The number of hydrogen-bond acceptors (Lipinski definition) is 4. The summed E-state index contributed by atoms with van der Waals surface area (Å²) in [6.45, 7) is 0.178. The van der Waals surface area contributed by atoms with Gasteiger partial charge in [0.1, 0.15) is 12.6 Å². The second-order valence-electron chi connectivity index (χ2n) is 6.42. The molecule has 0 fully saturated rings. The smallest absolute Gasteiger partial charge is 0.329 e. The Labute approximate surface area is 169 Å². The molecule has 0 saturated carbocycles. The molecule has 5 heteroatoms. The molecule has 1 amide bonds. The Morgan fingerprint density at radius 3 is 2.46 bits per heavy atom. The van der Waals surface area contributed by atoms with Crippen LogP contribution in [0.15, 0.2) is 72.8 Å². The minimum atomic E-state index is -0.671. The van der Waals surface area contributed by atoms with Crippen LogP contribution in [0.25, 0.3) is 10.8 Å². The predicted octanol–water partition coefficient (Wildman–Crippen LogP) is 4.43. The van der Waals surface area contributed by atoms with Crippen LogP contribution in [-0.2, 0) is 16.1 Å². The normalized spacial score (nSPS) is 11.8. The van der Waals surface area contributed by atoms with Gasteiger partial charge < -0.3 is 10.1 Å². The number of hydrogen-bond donors (Lipinski definition) is 1. The Kier molecular flexibility index (Phi) is 7.09. The summed E-state index contributed by atoms with van der Waals surface area (Å²) < 4.78 is 5.57. The average Bonchev–Trinajstić information content (AvgIpc) is 2.75. The second-order valence-corrected chi connectivity index (χ2v) is 7.41. The van der Waals surface area contributed by atoms with Crippen molar-refractivity contribution in [2.45, 2.75) is 19.1 Å². The van der Waals surface area contributed by atoms with Crippen molar-refractivity contribution in [2.75, 3.05) is 12.0 Å². The van der Waals surface area contributed by atoms with Crippen molar-refractivity contribution in [1.29, 1.82) is 0 Å². The molecule has 0 radical (unpaired) electrons. The van der Waals surface area contributed by atoms with E-state index in [-0.39, 0.29) is 12.5 Å². The van der Waals surface area contributed by atoms with Gasteiger partial charge in [-0.15, -0.1) is 0 Å². The van der Waals surface area contributed by atoms with E-state index >= 15 is 0 Å². The van der Waals surface area contributed by atoms with Crippen LogP contribution in [0.1, 0.15) is 22.3 Å². The molecule has 3 aromatic rings. The number of nitrogens with one attached hydrogen (secondary N) is 1. The van der Waals surface area contributed by atoms with Crippen LogP contribution in [-0.4, -0.2) is 29.9 Å². The highest BCUT2D eigenvalue weighted by Crippen LogP contribution is 2.19. The van der Waals surface area contributed by atoms with Gasteiger partial charge in [0.15, 0.2) is 0 Å². The van der Waals surface area contributed by atoms with Gasteiger partial charge in [-0.2, -0.15) is 11.8 Å². The number of thioether (sulfide) groups is 1. The number of carbonyl (C=O) groups excluding carboxylic acids is 2. The van der Waals surface area contributed by atoms with Crippen LogP contribution >= 0.6 is 11.8 Å². The van der Waals surface area contributed by atoms with E-state index in [1.165, 1.54) is 0 Å². The number of fused-ring (bicyclic) bond motifs is 1. The Bertz CT molecular complexity index is 937. The van der Waals surface area contributed by atoms with Crippen LogP contribution < -0.4 is 5.32 Å². The van der Waals surface area contributed by atoms with E-state index in [0.717, 1.165) is 22.1 Å². The molecule has 3 aromatic carbocycles. The van der Waals surface area contributed by atoms with Crippen molar-refractivity contribution in [3.05, 3.63) is 83.9 Å². The number of benzene rings is 3. The molecule has 1 N–H and O–H groups in total. The largest absolute Gasteiger partial charge is 0.459 e. The molecule has 0 aliphatic rings. The van der Waals surface area contributed by atoms with Crippen molar-refractivity contribution in [3.63, 3.8) is 0 Å². The minimum Gasteiger partial charge on any atom is -0.459 e. The van der Waals surface area contributed by atoms with Crippen LogP contribution in [0.3, 0.4) is 0 Å². The second kappa shape index (κ2) is 9.95. The zero-order valence-corrected chi connectivity index (χ0v) is 16.6. The van der Waals surface area contributed by atoms with E-state index in [4.69, 9.17) is 4.74 Å². The van der Waals surface area contributed by atoms with Crippen molar-refractivity contribution in [1.82, 2.24) is 5.32 Å². The molecule has 1 atom stereocenters. The topological polar surface area (TPSA) is 55.4 Å². The maximum absolute atomic E-state index is 12.7. The van der Waals surface area contributed by atoms with Crippen LogP contribution in [0, 0.1) is 0 Å². The van der Waals surface area contributed by atoms with Crippen LogP contribution in [0.2, 0.25) is 0 Å². The summed E-state index contributed by atoms with van der Waals surface area (Å²) in [7, 11) is 0. The Hall–Kier alpha value is -2.79. The first kappa shape index (κ1) is 20.0. The molecule has 28 heavy (non-hydrogen) atoms. The lowest BCUT2D eigenvalue weighted by molar-refractivity contribution is -0.147. The van der Waals surface area contributed by atoms with Gasteiger partial charge in [-0.1, -0.05) is 60.7 Å². The third kappa shape index (κ3) is 5.14. The molecule has 0 aliphatic carbocycles. The molecule has 4 nitrogen and oxygen atoms in total. The quantitative estimate of drug-likeness (QED) is 0.575. The number of amides is 1. The summed E-state index contributed by atoms with van der Waals surface area (Å²) in [4.78, 5) is 25.1. The van der Waals surface area contributed by atoms with Crippen molar-refractivity contribution < 1.29 is 14.3 Å². The molecular weight excluding hydrogens is 370 g/mol. The molecular formula is C23H23NO3S. The molecule has 144 valence electrons. The van der Waals surface area contributed by atoms with Crippen LogP contribution in [0.5, 0.6) is 0 Å². The first-order chi connectivity index (χ1) is 13.7. The molecule has 0 bridgehead atoms. The Morgan fingerprint density at radius 1 is 0.964 bits per heavy atom. The summed E-state index contributed by atoms with van der Waals surface area (Å²) in [5.41, 5.74) is 1.47. The lowest BCUT2D eigenvalue weighted by atomic mass is 10.1. The SMILES string of the molecule is CSCC[C@H](NC(=O)c1ccccc1)C(=O)OCc1cccc2ccccc12. The molecule has 0 aromatic heterocycles. The van der Waals surface area contributed by atoms with E-state index in [1.54, 1.807) is 36.0 Å². The van der Waals surface area contributed by atoms with Gasteiger partial charge in [-0.3, -0.25) is 4.79 Å². The van der Waals surface area contributed by atoms with E-state index in [2.05, 4.69) is 5.32 Å². The molecule has 0 unspecified atom stereocenters. The Morgan fingerprint density at radius 2 is 1.68 bits per heavy atom. The molecule has 0 saturated heterocycles. The molecule has 0 heterocycles. The van der Waals surface area contributed by atoms with Gasteiger partial charge in [0, 0.05) is 5.56 Å². The standard InChI is InChI=1S/C23H23NO3S/c1-28-15-14-21(24-22(25)18-9-3-2-4-10-18)23(26)27-16-19-12-7-11-17-8-5-6-13-20(17)19/h2-13,21H,14-16H2,1H3,(H,24,25)/t21-/m0/s1. The van der Waals surface area contributed by atoms with Gasteiger partial charge in [-0.25, -0.2) is 4.79 Å². The fourth-order valence-corrected chi connectivity index (χ4v) is 3.45. The number of esters is 1. The third-order valence-electron chi connectivity index (χ3n) is 4.49. The summed E-state index contributed by atoms with van der Waals surface area (Å²) in [6, 6.07) is 22.1. The summed E-state index contributed by atoms with van der Waals surface area (Å²) in [5, 5.41) is 4.98. The van der Waals surface area contributed by atoms with Gasteiger partial charge >= 0.3 is 5.97 Å². The van der Waals surface area contributed by atoms with Crippen molar-refractivity contribution >= 4 is 34.4 Å². The van der Waals surface area contributed by atoms with Gasteiger partial charge in [0.25, 0.3) is 5.91 Å². The highest BCUT2D eigenvalue weighted by atomic mass is 32.2. The summed E-state index contributed by atoms with van der Waals surface area (Å²) in [5.74, 6) is 0.0726. The lowest BCUT2D eigenvalue weighted by Gasteiger charge is -2.18. The van der Waals surface area contributed by atoms with Gasteiger partial charge in [-0.05, 0) is 46.9 Å². The van der Waals surface area contributed by atoms with E-state index in [9.17, 15) is 9.59 Å².